The molecule has 0 bridgehead atoms. The van der Waals surface area contributed by atoms with Crippen LogP contribution in [0.5, 0.6) is 0 Å². The van der Waals surface area contributed by atoms with E-state index in [0.29, 0.717) is 0 Å². The molecular formula is C30H22BNS. The molecule has 0 aromatic heterocycles. The van der Waals surface area contributed by atoms with E-state index >= 15 is 0 Å². The predicted molar refractivity (Wildman–Crippen MR) is 143 cm³/mol. The fourth-order valence-electron chi connectivity index (χ4n) is 4.67. The van der Waals surface area contributed by atoms with Crippen molar-refractivity contribution < 1.29 is 0 Å². The van der Waals surface area contributed by atoms with Crippen molar-refractivity contribution in [2.24, 2.45) is 0 Å². The molecule has 1 aliphatic heterocycles. The van der Waals surface area contributed by atoms with Crippen molar-refractivity contribution in [2.75, 3.05) is 4.90 Å². The third-order valence-electron chi connectivity index (χ3n) is 6.18. The molecule has 0 fully saturated rings. The van der Waals surface area contributed by atoms with Crippen LogP contribution in [0.1, 0.15) is 0 Å². The SMILES string of the molecule is c1ccc(B(c2ccccc2)c2ccc(N3c4ccccc4Sc4ccccc43)cc2)cc1. The van der Waals surface area contributed by atoms with Gasteiger partial charge < -0.3 is 4.90 Å². The summed E-state index contributed by atoms with van der Waals surface area (Å²) in [7, 11) is 0. The van der Waals surface area contributed by atoms with Gasteiger partial charge in [0.25, 0.3) is 0 Å². The van der Waals surface area contributed by atoms with Gasteiger partial charge in [-0.15, -0.1) is 0 Å². The smallest absolute Gasteiger partial charge is 0.241 e. The first-order valence-corrected chi connectivity index (χ1v) is 12.1. The summed E-state index contributed by atoms with van der Waals surface area (Å²) in [5.74, 6) is 0. The van der Waals surface area contributed by atoms with Crippen LogP contribution in [0.15, 0.2) is 143 Å². The Morgan fingerprint density at radius 1 is 0.424 bits per heavy atom. The summed E-state index contributed by atoms with van der Waals surface area (Å²) in [4.78, 5) is 4.95. The molecule has 0 N–H and O–H groups in total. The molecule has 5 aromatic carbocycles. The maximum atomic E-state index is 2.38. The van der Waals surface area contributed by atoms with Crippen LogP contribution in [0.2, 0.25) is 0 Å². The lowest BCUT2D eigenvalue weighted by molar-refractivity contribution is 1.17. The Hall–Kier alpha value is -3.69. The second-order valence-electron chi connectivity index (χ2n) is 8.22. The van der Waals surface area contributed by atoms with Crippen LogP contribution in [0.3, 0.4) is 0 Å². The first kappa shape index (κ1) is 20.0. The Morgan fingerprint density at radius 3 is 1.36 bits per heavy atom. The molecule has 5 aromatic rings. The standard InChI is InChI=1S/C30H22BNS/c1-3-11-23(12-4-1)31(24-13-5-2-6-14-24)25-19-21-26(22-20-25)32-27-15-7-9-17-29(27)33-30-18-10-8-16-28(30)32/h1-22H. The summed E-state index contributed by atoms with van der Waals surface area (Å²) in [5, 5.41) is 0. The van der Waals surface area contributed by atoms with Gasteiger partial charge in [-0.3, -0.25) is 0 Å². The third-order valence-corrected chi connectivity index (χ3v) is 7.31. The van der Waals surface area contributed by atoms with Gasteiger partial charge in [-0.2, -0.15) is 0 Å². The molecule has 0 aliphatic carbocycles. The van der Waals surface area contributed by atoms with E-state index in [1.165, 1.54) is 43.2 Å². The van der Waals surface area contributed by atoms with E-state index in [0.717, 1.165) is 0 Å². The molecular weight excluding hydrogens is 417 g/mol. The highest BCUT2D eigenvalue weighted by Gasteiger charge is 2.25. The quantitative estimate of drug-likeness (QED) is 0.304. The Labute approximate surface area is 199 Å². The van der Waals surface area contributed by atoms with Crippen molar-refractivity contribution in [3.05, 3.63) is 133 Å². The average Bonchev–Trinajstić information content (AvgIpc) is 2.89. The molecule has 1 nitrogen and oxygen atoms in total. The first-order valence-electron chi connectivity index (χ1n) is 11.2. The largest absolute Gasteiger partial charge is 0.308 e. The van der Waals surface area contributed by atoms with Crippen molar-refractivity contribution in [3.8, 4) is 0 Å². The number of hydrogen-bond acceptors (Lipinski definition) is 2. The molecule has 0 radical (unpaired) electrons. The number of nitrogens with zero attached hydrogens (tertiary/aromatic N) is 1. The van der Waals surface area contributed by atoms with Crippen molar-refractivity contribution in [1.29, 1.82) is 0 Å². The molecule has 0 saturated carbocycles. The summed E-state index contributed by atoms with van der Waals surface area (Å²) >= 11 is 1.84. The van der Waals surface area contributed by atoms with Crippen LogP contribution < -0.4 is 21.3 Å². The van der Waals surface area contributed by atoms with E-state index in [2.05, 4.69) is 138 Å². The number of hydrogen-bond donors (Lipinski definition) is 0. The summed E-state index contributed by atoms with van der Waals surface area (Å²) in [6.45, 7) is 0.206. The van der Waals surface area contributed by atoms with Crippen LogP contribution >= 0.6 is 11.8 Å². The van der Waals surface area contributed by atoms with Crippen molar-refractivity contribution in [2.45, 2.75) is 9.79 Å². The molecule has 3 heteroatoms. The fraction of sp³-hybridized carbons (Fsp3) is 0. The maximum absolute atomic E-state index is 2.38. The van der Waals surface area contributed by atoms with Crippen LogP contribution in [0, 0.1) is 0 Å². The van der Waals surface area contributed by atoms with Crippen molar-refractivity contribution >= 4 is 51.9 Å². The Balaban J connectivity index is 1.44. The zero-order valence-electron chi connectivity index (χ0n) is 18.1. The molecule has 0 saturated heterocycles. The van der Waals surface area contributed by atoms with Gasteiger partial charge in [-0.25, -0.2) is 0 Å². The van der Waals surface area contributed by atoms with Crippen LogP contribution in [-0.2, 0) is 0 Å². The van der Waals surface area contributed by atoms with Gasteiger partial charge in [-0.1, -0.05) is 125 Å². The zero-order valence-corrected chi connectivity index (χ0v) is 19.0. The molecule has 6 rings (SSSR count). The van der Waals surface area contributed by atoms with Gasteiger partial charge in [0.05, 0.1) is 11.4 Å². The van der Waals surface area contributed by atoms with Gasteiger partial charge in [0.2, 0.25) is 6.71 Å². The van der Waals surface area contributed by atoms with Crippen LogP contribution in [0.4, 0.5) is 17.1 Å². The fourth-order valence-corrected chi connectivity index (χ4v) is 5.72. The number of rotatable bonds is 4. The molecule has 0 unspecified atom stereocenters. The molecule has 0 atom stereocenters. The third kappa shape index (κ3) is 3.75. The number of anilines is 3. The minimum Gasteiger partial charge on any atom is -0.308 e. The van der Waals surface area contributed by atoms with Crippen molar-refractivity contribution in [3.63, 3.8) is 0 Å². The average molecular weight is 439 g/mol. The van der Waals surface area contributed by atoms with E-state index in [9.17, 15) is 0 Å². The van der Waals surface area contributed by atoms with E-state index < -0.39 is 0 Å². The van der Waals surface area contributed by atoms with Gasteiger partial charge >= 0.3 is 0 Å². The number of para-hydroxylation sites is 2. The Bertz CT molecular complexity index is 1300. The first-order chi connectivity index (χ1) is 16.4. The highest BCUT2D eigenvalue weighted by Crippen LogP contribution is 2.50. The van der Waals surface area contributed by atoms with Gasteiger partial charge in [0, 0.05) is 15.5 Å². The van der Waals surface area contributed by atoms with E-state index in [1.54, 1.807) is 0 Å². The Morgan fingerprint density at radius 2 is 0.848 bits per heavy atom. The molecule has 0 amide bonds. The molecule has 33 heavy (non-hydrogen) atoms. The van der Waals surface area contributed by atoms with Gasteiger partial charge in [0.1, 0.15) is 0 Å². The van der Waals surface area contributed by atoms with E-state index in [4.69, 9.17) is 0 Å². The summed E-state index contributed by atoms with van der Waals surface area (Å²) in [6, 6.07) is 47.9. The Kier molecular flexibility index (Phi) is 5.25. The van der Waals surface area contributed by atoms with Crippen LogP contribution in [0.25, 0.3) is 0 Å². The number of benzene rings is 5. The van der Waals surface area contributed by atoms with E-state index in [1.807, 2.05) is 11.8 Å². The molecule has 0 spiro atoms. The normalized spacial score (nSPS) is 12.1. The minimum atomic E-state index is 0.206. The van der Waals surface area contributed by atoms with Crippen molar-refractivity contribution in [1.82, 2.24) is 0 Å². The maximum Gasteiger partial charge on any atom is 0.241 e. The monoisotopic (exact) mass is 439 g/mol. The molecule has 156 valence electrons. The second kappa shape index (κ2) is 8.69. The number of fused-ring (bicyclic) bond motifs is 2. The van der Waals surface area contributed by atoms with Crippen LogP contribution in [-0.4, -0.2) is 6.71 Å². The molecule has 1 heterocycles. The van der Waals surface area contributed by atoms with E-state index in [-0.39, 0.29) is 6.71 Å². The van der Waals surface area contributed by atoms with Gasteiger partial charge in [-0.05, 0) is 36.4 Å². The topological polar surface area (TPSA) is 3.24 Å². The predicted octanol–water partition coefficient (Wildman–Crippen LogP) is 6.14. The highest BCUT2D eigenvalue weighted by molar-refractivity contribution is 7.99. The molecule has 1 aliphatic rings. The summed E-state index contributed by atoms with van der Waals surface area (Å²) in [6.07, 6.45) is 0. The minimum absolute atomic E-state index is 0.206. The lowest BCUT2D eigenvalue weighted by Crippen LogP contribution is -2.51. The second-order valence-corrected chi connectivity index (χ2v) is 9.30. The summed E-state index contributed by atoms with van der Waals surface area (Å²) in [5.41, 5.74) is 7.55. The summed E-state index contributed by atoms with van der Waals surface area (Å²) < 4.78 is 0. The lowest BCUT2D eigenvalue weighted by atomic mass is 9.37. The zero-order chi connectivity index (χ0) is 22.0. The lowest BCUT2D eigenvalue weighted by Gasteiger charge is -2.33. The highest BCUT2D eigenvalue weighted by atomic mass is 32.2. The van der Waals surface area contributed by atoms with Gasteiger partial charge in [0.15, 0.2) is 0 Å².